The van der Waals surface area contributed by atoms with Gasteiger partial charge in [0.25, 0.3) is 0 Å². The van der Waals surface area contributed by atoms with Crippen molar-refractivity contribution in [2.24, 2.45) is 22.9 Å². The zero-order valence-corrected chi connectivity index (χ0v) is 17.4. The second kappa shape index (κ2) is 11.6. The largest absolute Gasteiger partial charge is 0.477 e. The Kier molecular flexibility index (Phi) is 9.88. The van der Waals surface area contributed by atoms with Gasteiger partial charge < -0.3 is 33.1 Å². The molecule has 0 spiro atoms. The minimum atomic E-state index is -3.56. The summed E-state index contributed by atoms with van der Waals surface area (Å²) < 4.78 is 0. The van der Waals surface area contributed by atoms with Gasteiger partial charge in [-0.25, -0.2) is 9.69 Å². The molecule has 0 radical (unpaired) electrons. The average Bonchev–Trinajstić information content (AvgIpc) is 2.73. The van der Waals surface area contributed by atoms with Crippen molar-refractivity contribution in [2.45, 2.75) is 56.5 Å². The van der Waals surface area contributed by atoms with Crippen LogP contribution in [0.3, 0.4) is 0 Å². The maximum atomic E-state index is 13.0. The van der Waals surface area contributed by atoms with E-state index >= 15 is 0 Å². The van der Waals surface area contributed by atoms with E-state index in [4.69, 9.17) is 22.9 Å². The molecule has 0 aromatic heterocycles. The van der Waals surface area contributed by atoms with Gasteiger partial charge in [0.1, 0.15) is 0 Å². The van der Waals surface area contributed by atoms with Crippen molar-refractivity contribution < 1.29 is 29.4 Å². The standard InChI is InChI=1S/C20H31N5O6/c1-12(22)17(27)25(18(28)15(24)11-13-7-3-2-4-8-13)20(31,19(29)30)16(26)14(23)9-5-6-10-21/h2-4,7-8,12,14-15,31H,5-6,9-11,21-24H2,1H3,(H,29,30). The number of nitrogens with two attached hydrogens (primary N) is 4. The van der Waals surface area contributed by atoms with Crippen LogP contribution in [-0.4, -0.2) is 69.1 Å². The van der Waals surface area contributed by atoms with E-state index in [2.05, 4.69) is 0 Å². The van der Waals surface area contributed by atoms with Crippen LogP contribution < -0.4 is 22.9 Å². The number of benzene rings is 1. The lowest BCUT2D eigenvalue weighted by Gasteiger charge is -2.37. The fraction of sp³-hybridized carbons (Fsp3) is 0.500. The Morgan fingerprint density at radius 2 is 1.58 bits per heavy atom. The topological polar surface area (TPSA) is 216 Å². The summed E-state index contributed by atoms with van der Waals surface area (Å²) in [5.74, 6) is -6.10. The van der Waals surface area contributed by atoms with Crippen molar-refractivity contribution in [3.05, 3.63) is 35.9 Å². The maximum absolute atomic E-state index is 13.0. The smallest absolute Gasteiger partial charge is 0.366 e. The van der Waals surface area contributed by atoms with Crippen molar-refractivity contribution in [3.63, 3.8) is 0 Å². The maximum Gasteiger partial charge on any atom is 0.366 e. The Bertz CT molecular complexity index is 788. The van der Waals surface area contributed by atoms with Crippen LogP contribution in [0.5, 0.6) is 0 Å². The van der Waals surface area contributed by atoms with Crippen LogP contribution in [0.15, 0.2) is 30.3 Å². The number of Topliss-reactive ketones (excluding diaryl/α,β-unsaturated/α-hetero) is 1. The summed E-state index contributed by atoms with van der Waals surface area (Å²) in [6, 6.07) is 4.20. The first-order chi connectivity index (χ1) is 14.5. The molecule has 0 saturated carbocycles. The molecule has 1 aromatic carbocycles. The third-order valence-corrected chi connectivity index (χ3v) is 4.72. The van der Waals surface area contributed by atoms with E-state index in [0.29, 0.717) is 24.9 Å². The van der Waals surface area contributed by atoms with Gasteiger partial charge in [-0.3, -0.25) is 14.4 Å². The number of carbonyl (C=O) groups excluding carboxylic acids is 3. The number of hydrogen-bond acceptors (Lipinski definition) is 9. The highest BCUT2D eigenvalue weighted by Crippen LogP contribution is 2.21. The molecule has 31 heavy (non-hydrogen) atoms. The van der Waals surface area contributed by atoms with Crippen molar-refractivity contribution in [1.82, 2.24) is 4.90 Å². The number of amides is 2. The molecule has 0 saturated heterocycles. The molecule has 4 unspecified atom stereocenters. The van der Waals surface area contributed by atoms with E-state index in [1.807, 2.05) is 0 Å². The van der Waals surface area contributed by atoms with Gasteiger partial charge >= 0.3 is 11.7 Å². The number of nitrogens with zero attached hydrogens (tertiary/aromatic N) is 1. The Labute approximate surface area is 180 Å². The lowest BCUT2D eigenvalue weighted by molar-refractivity contribution is -0.196. The predicted molar refractivity (Wildman–Crippen MR) is 112 cm³/mol. The molecule has 0 aliphatic rings. The summed E-state index contributed by atoms with van der Waals surface area (Å²) in [6.45, 7) is 1.51. The summed E-state index contributed by atoms with van der Waals surface area (Å²) >= 11 is 0. The van der Waals surface area contributed by atoms with E-state index in [0.717, 1.165) is 0 Å². The SMILES string of the molecule is CC(N)C(=O)N(C(=O)C(N)Cc1ccccc1)C(O)(C(=O)O)C(=O)C(N)CCCCN. The van der Waals surface area contributed by atoms with Crippen LogP contribution in [0.1, 0.15) is 31.7 Å². The second-order valence-electron chi connectivity index (χ2n) is 7.33. The first-order valence-corrected chi connectivity index (χ1v) is 9.87. The highest BCUT2D eigenvalue weighted by molar-refractivity contribution is 6.16. The van der Waals surface area contributed by atoms with Gasteiger partial charge in [0.15, 0.2) is 0 Å². The summed E-state index contributed by atoms with van der Waals surface area (Å²) in [4.78, 5) is 50.4. The predicted octanol–water partition coefficient (Wildman–Crippen LogP) is -1.94. The number of aliphatic hydroxyl groups is 1. The van der Waals surface area contributed by atoms with Crippen LogP contribution in [-0.2, 0) is 25.6 Å². The molecular formula is C20H31N5O6. The number of carboxylic acids is 1. The number of imide groups is 1. The zero-order chi connectivity index (χ0) is 23.8. The molecule has 11 heteroatoms. The lowest BCUT2D eigenvalue weighted by atomic mass is 9.94. The van der Waals surface area contributed by atoms with Gasteiger partial charge in [0.2, 0.25) is 17.6 Å². The molecule has 4 atom stereocenters. The summed E-state index contributed by atoms with van der Waals surface area (Å²) in [5, 5.41) is 20.5. The van der Waals surface area contributed by atoms with E-state index in [1.54, 1.807) is 30.3 Å². The van der Waals surface area contributed by atoms with Crippen LogP contribution in [0.4, 0.5) is 0 Å². The molecule has 1 aromatic rings. The van der Waals surface area contributed by atoms with Crippen LogP contribution >= 0.6 is 0 Å². The summed E-state index contributed by atoms with van der Waals surface area (Å²) in [7, 11) is 0. The van der Waals surface area contributed by atoms with Crippen molar-refractivity contribution in [3.8, 4) is 0 Å². The second-order valence-corrected chi connectivity index (χ2v) is 7.33. The first kappa shape index (κ1) is 26.3. The summed E-state index contributed by atoms with van der Waals surface area (Å²) in [5.41, 5.74) is 19.7. The Morgan fingerprint density at radius 1 is 1.00 bits per heavy atom. The number of carbonyl (C=O) groups is 4. The number of hydrogen-bond donors (Lipinski definition) is 6. The molecule has 0 heterocycles. The minimum absolute atomic E-state index is 0.00388. The van der Waals surface area contributed by atoms with Crippen LogP contribution in [0.25, 0.3) is 0 Å². The monoisotopic (exact) mass is 437 g/mol. The van der Waals surface area contributed by atoms with Gasteiger partial charge in [-0.05, 0) is 38.3 Å². The first-order valence-electron chi connectivity index (χ1n) is 9.87. The van der Waals surface area contributed by atoms with E-state index in [1.165, 1.54) is 6.92 Å². The molecule has 1 rings (SSSR count). The van der Waals surface area contributed by atoms with Crippen molar-refractivity contribution >= 4 is 23.6 Å². The molecular weight excluding hydrogens is 406 g/mol. The third-order valence-electron chi connectivity index (χ3n) is 4.72. The van der Waals surface area contributed by atoms with Crippen molar-refractivity contribution in [1.29, 1.82) is 0 Å². The highest BCUT2D eigenvalue weighted by atomic mass is 16.4. The quantitative estimate of drug-likeness (QED) is 0.121. The zero-order valence-electron chi connectivity index (χ0n) is 17.4. The Balaban J connectivity index is 3.33. The number of aliphatic carboxylic acids is 1. The number of carboxylic acid groups (broad SMARTS) is 1. The van der Waals surface area contributed by atoms with Gasteiger partial charge in [-0.1, -0.05) is 36.8 Å². The molecule has 0 aliphatic heterocycles. The molecule has 0 aliphatic carbocycles. The van der Waals surface area contributed by atoms with Crippen molar-refractivity contribution in [2.75, 3.05) is 6.54 Å². The Morgan fingerprint density at radius 3 is 2.06 bits per heavy atom. The average molecular weight is 437 g/mol. The molecule has 0 fully saturated rings. The fourth-order valence-corrected chi connectivity index (χ4v) is 2.96. The molecule has 0 bridgehead atoms. The van der Waals surface area contributed by atoms with Gasteiger partial charge in [0, 0.05) is 0 Å². The van der Waals surface area contributed by atoms with Gasteiger partial charge in [0.05, 0.1) is 18.1 Å². The summed E-state index contributed by atoms with van der Waals surface area (Å²) in [6.07, 6.45) is 0.808. The van der Waals surface area contributed by atoms with Crippen LogP contribution in [0, 0.1) is 0 Å². The van der Waals surface area contributed by atoms with E-state index < -0.39 is 47.4 Å². The van der Waals surface area contributed by atoms with E-state index in [9.17, 15) is 29.4 Å². The molecule has 2 amide bonds. The molecule has 11 nitrogen and oxygen atoms in total. The van der Waals surface area contributed by atoms with Gasteiger partial charge in [-0.2, -0.15) is 0 Å². The molecule has 172 valence electrons. The van der Waals surface area contributed by atoms with E-state index in [-0.39, 0.29) is 17.7 Å². The number of rotatable bonds is 12. The normalized spacial score (nSPS) is 15.9. The lowest BCUT2D eigenvalue weighted by Crippen LogP contribution is -2.70. The Hall–Kier alpha value is -2.70. The third kappa shape index (κ3) is 6.39. The number of ketones is 1. The minimum Gasteiger partial charge on any atom is -0.477 e. The molecule has 10 N–H and O–H groups in total. The number of unbranched alkanes of at least 4 members (excludes halogenated alkanes) is 1. The highest BCUT2D eigenvalue weighted by Gasteiger charge is 2.57. The fourth-order valence-electron chi connectivity index (χ4n) is 2.96. The van der Waals surface area contributed by atoms with Gasteiger partial charge in [-0.15, -0.1) is 0 Å². The van der Waals surface area contributed by atoms with Crippen LogP contribution in [0.2, 0.25) is 0 Å².